The first-order valence-electron chi connectivity index (χ1n) is 11.4. The average Bonchev–Trinajstić information content (AvgIpc) is 3.16. The first-order valence-corrected chi connectivity index (χ1v) is 11.8. The molecule has 3 aromatic rings. The lowest BCUT2D eigenvalue weighted by Crippen LogP contribution is -2.54. The third kappa shape index (κ3) is 3.48. The molecule has 172 valence electrons. The Hall–Kier alpha value is -2.99. The van der Waals surface area contributed by atoms with Gasteiger partial charge in [0.2, 0.25) is 0 Å². The molecule has 0 bridgehead atoms. The Kier molecular flexibility index (Phi) is 5.57. The first-order chi connectivity index (χ1) is 16.0. The summed E-state index contributed by atoms with van der Waals surface area (Å²) in [5.74, 6) is 0.373. The summed E-state index contributed by atoms with van der Waals surface area (Å²) in [6.45, 7) is 2.65. The summed E-state index contributed by atoms with van der Waals surface area (Å²) in [6.07, 6.45) is 3.01. The number of carbonyl (C=O) groups excluding carboxylic acids is 2. The molecule has 0 saturated heterocycles. The summed E-state index contributed by atoms with van der Waals surface area (Å²) in [5, 5.41) is 1.72. The monoisotopic (exact) mass is 466 g/mol. The largest absolute Gasteiger partial charge is 0.497 e. The molecule has 1 aliphatic heterocycles. The van der Waals surface area contributed by atoms with E-state index in [4.69, 9.17) is 21.1 Å². The molecule has 1 atom stereocenters. The van der Waals surface area contributed by atoms with Crippen molar-refractivity contribution in [2.75, 3.05) is 20.3 Å². The van der Waals surface area contributed by atoms with Crippen molar-refractivity contribution < 1.29 is 19.1 Å². The van der Waals surface area contributed by atoms with Crippen molar-refractivity contribution in [1.82, 2.24) is 9.88 Å². The third-order valence-electron chi connectivity index (χ3n) is 7.14. The summed E-state index contributed by atoms with van der Waals surface area (Å²) >= 11 is 6.30. The summed E-state index contributed by atoms with van der Waals surface area (Å²) < 4.78 is 10.8. The predicted octanol–water partition coefficient (Wildman–Crippen LogP) is 5.30. The van der Waals surface area contributed by atoms with Crippen LogP contribution in [-0.2, 0) is 16.0 Å². The van der Waals surface area contributed by atoms with Crippen LogP contribution in [0.1, 0.15) is 53.8 Å². The van der Waals surface area contributed by atoms with Crippen molar-refractivity contribution in [2.45, 2.75) is 38.6 Å². The van der Waals surface area contributed by atoms with Crippen LogP contribution in [0.5, 0.6) is 5.75 Å². The molecule has 1 saturated carbocycles. The number of aromatic amines is 1. The molecule has 0 spiro atoms. The van der Waals surface area contributed by atoms with Crippen molar-refractivity contribution in [3.8, 4) is 5.75 Å². The van der Waals surface area contributed by atoms with Gasteiger partial charge in [0.1, 0.15) is 5.75 Å². The molecule has 1 fully saturated rings. The van der Waals surface area contributed by atoms with E-state index in [0.717, 1.165) is 28.6 Å². The number of aromatic nitrogens is 1. The molecule has 6 nitrogen and oxygen atoms in total. The van der Waals surface area contributed by atoms with E-state index in [1.54, 1.807) is 31.4 Å². The zero-order valence-corrected chi connectivity index (χ0v) is 19.6. The lowest BCUT2D eigenvalue weighted by molar-refractivity contribution is -0.168. The van der Waals surface area contributed by atoms with Gasteiger partial charge in [0, 0.05) is 33.7 Å². The Morgan fingerprint density at radius 3 is 2.58 bits per heavy atom. The summed E-state index contributed by atoms with van der Waals surface area (Å²) in [7, 11) is 1.60. The van der Waals surface area contributed by atoms with E-state index in [-0.39, 0.29) is 11.9 Å². The van der Waals surface area contributed by atoms with Gasteiger partial charge in [-0.25, -0.2) is 0 Å². The van der Waals surface area contributed by atoms with Crippen LogP contribution in [0.25, 0.3) is 10.9 Å². The van der Waals surface area contributed by atoms with Gasteiger partial charge in [-0.2, -0.15) is 0 Å². The van der Waals surface area contributed by atoms with E-state index in [2.05, 4.69) is 4.98 Å². The minimum atomic E-state index is -0.752. The Balaban J connectivity index is 1.64. The van der Waals surface area contributed by atoms with Crippen LogP contribution in [0, 0.1) is 5.41 Å². The fourth-order valence-corrected chi connectivity index (χ4v) is 5.55. The zero-order valence-electron chi connectivity index (χ0n) is 18.8. The quantitative estimate of drug-likeness (QED) is 0.518. The molecular weight excluding hydrogens is 440 g/mol. The van der Waals surface area contributed by atoms with Crippen molar-refractivity contribution in [2.24, 2.45) is 5.41 Å². The number of hydrogen-bond donors (Lipinski definition) is 1. The lowest BCUT2D eigenvalue weighted by atomic mass is 9.61. The highest BCUT2D eigenvalue weighted by Crippen LogP contribution is 2.56. The lowest BCUT2D eigenvalue weighted by Gasteiger charge is -2.51. The number of halogens is 1. The second-order valence-corrected chi connectivity index (χ2v) is 9.25. The number of carbonyl (C=O) groups is 2. The van der Waals surface area contributed by atoms with Crippen LogP contribution in [0.15, 0.2) is 42.5 Å². The highest BCUT2D eigenvalue weighted by Gasteiger charge is 2.57. The minimum Gasteiger partial charge on any atom is -0.497 e. The minimum absolute atomic E-state index is 0.0967. The second kappa shape index (κ2) is 8.41. The molecule has 2 heterocycles. The summed E-state index contributed by atoms with van der Waals surface area (Å²) in [5.41, 5.74) is 2.84. The smallest absolute Gasteiger partial charge is 0.314 e. The molecule has 0 radical (unpaired) electrons. The molecule has 2 aliphatic rings. The van der Waals surface area contributed by atoms with E-state index >= 15 is 0 Å². The van der Waals surface area contributed by atoms with Gasteiger partial charge in [0.25, 0.3) is 5.91 Å². The number of benzene rings is 2. The third-order valence-corrected chi connectivity index (χ3v) is 7.37. The molecule has 1 N–H and O–H groups in total. The maximum absolute atomic E-state index is 13.8. The highest BCUT2D eigenvalue weighted by molar-refractivity contribution is 6.31. The standard InChI is InChI=1S/C26H27ClN2O4/c1-3-33-25(31)26(12-4-13-26)23-22-19(20-15-17(27)7-10-21(20)28-22)11-14-29(23)24(30)16-5-8-18(32-2)9-6-16/h5-10,15,23,28H,3-4,11-14H2,1-2H3. The topological polar surface area (TPSA) is 71.6 Å². The molecule has 1 aliphatic carbocycles. The number of nitrogens with zero attached hydrogens (tertiary/aromatic N) is 1. The number of rotatable bonds is 5. The molecule has 1 unspecified atom stereocenters. The number of hydrogen-bond acceptors (Lipinski definition) is 4. The van der Waals surface area contributed by atoms with Crippen molar-refractivity contribution in [1.29, 1.82) is 0 Å². The number of amides is 1. The van der Waals surface area contributed by atoms with Gasteiger partial charge in [0.15, 0.2) is 0 Å². The normalized spacial score (nSPS) is 19.0. The number of esters is 1. The number of fused-ring (bicyclic) bond motifs is 3. The van der Waals surface area contributed by atoms with Gasteiger partial charge in [-0.15, -0.1) is 0 Å². The number of H-pyrrole nitrogens is 1. The molecule has 1 amide bonds. The number of methoxy groups -OCH3 is 1. The Morgan fingerprint density at radius 2 is 1.94 bits per heavy atom. The molecule has 2 aromatic carbocycles. The van der Waals surface area contributed by atoms with E-state index in [1.807, 2.05) is 30.0 Å². The van der Waals surface area contributed by atoms with Crippen LogP contribution >= 0.6 is 11.6 Å². The zero-order chi connectivity index (χ0) is 23.2. The maximum atomic E-state index is 13.8. The van der Waals surface area contributed by atoms with Gasteiger partial charge in [-0.3, -0.25) is 9.59 Å². The Labute approximate surface area is 197 Å². The number of ether oxygens (including phenoxy) is 2. The van der Waals surface area contributed by atoms with E-state index < -0.39 is 11.5 Å². The van der Waals surface area contributed by atoms with Crippen molar-refractivity contribution >= 4 is 34.4 Å². The Bertz CT molecular complexity index is 1210. The molecular formula is C26H27ClN2O4. The van der Waals surface area contributed by atoms with Gasteiger partial charge in [0.05, 0.1) is 25.2 Å². The van der Waals surface area contributed by atoms with Gasteiger partial charge in [-0.05, 0) is 74.2 Å². The summed E-state index contributed by atoms with van der Waals surface area (Å²) in [4.78, 5) is 32.5. The number of nitrogens with one attached hydrogen (secondary N) is 1. The second-order valence-electron chi connectivity index (χ2n) is 8.82. The van der Waals surface area contributed by atoms with E-state index in [9.17, 15) is 9.59 Å². The van der Waals surface area contributed by atoms with E-state index in [1.165, 1.54) is 0 Å². The average molecular weight is 467 g/mol. The van der Waals surface area contributed by atoms with Gasteiger partial charge >= 0.3 is 5.97 Å². The molecule has 33 heavy (non-hydrogen) atoms. The van der Waals surface area contributed by atoms with Crippen LogP contribution in [-0.4, -0.2) is 42.0 Å². The van der Waals surface area contributed by atoms with Gasteiger partial charge in [-0.1, -0.05) is 18.0 Å². The van der Waals surface area contributed by atoms with Crippen LogP contribution < -0.4 is 4.74 Å². The Morgan fingerprint density at radius 1 is 1.18 bits per heavy atom. The van der Waals surface area contributed by atoms with Crippen molar-refractivity contribution in [3.63, 3.8) is 0 Å². The van der Waals surface area contributed by atoms with Gasteiger partial charge < -0.3 is 19.4 Å². The fraction of sp³-hybridized carbons (Fsp3) is 0.385. The van der Waals surface area contributed by atoms with Crippen LogP contribution in [0.3, 0.4) is 0 Å². The van der Waals surface area contributed by atoms with Crippen molar-refractivity contribution in [3.05, 3.63) is 64.3 Å². The molecule has 7 heteroatoms. The summed E-state index contributed by atoms with van der Waals surface area (Å²) in [6, 6.07) is 12.5. The SMILES string of the molecule is CCOC(=O)C1(C2c3[nH]c4ccc(Cl)cc4c3CCN2C(=O)c2ccc(OC)cc2)CCC1. The van der Waals surface area contributed by atoms with Crippen LogP contribution in [0.2, 0.25) is 5.02 Å². The molecule has 1 aromatic heterocycles. The highest BCUT2D eigenvalue weighted by atomic mass is 35.5. The fourth-order valence-electron chi connectivity index (χ4n) is 5.38. The van der Waals surface area contributed by atoms with E-state index in [0.29, 0.717) is 48.7 Å². The first kappa shape index (κ1) is 21.8. The molecule has 5 rings (SSSR count). The van der Waals surface area contributed by atoms with Crippen LogP contribution in [0.4, 0.5) is 0 Å². The predicted molar refractivity (Wildman–Crippen MR) is 127 cm³/mol. The maximum Gasteiger partial charge on any atom is 0.314 e.